The summed E-state index contributed by atoms with van der Waals surface area (Å²) in [7, 11) is 0. The number of hydrogen-bond donors (Lipinski definition) is 0. The van der Waals surface area contributed by atoms with Crippen LogP contribution in [0.4, 0.5) is 0 Å². The van der Waals surface area contributed by atoms with Gasteiger partial charge in [-0.05, 0) is 12.8 Å². The Balaban J connectivity index is 2.11. The minimum absolute atomic E-state index is 0.572. The summed E-state index contributed by atoms with van der Waals surface area (Å²) < 4.78 is 0. The average Bonchev–Trinajstić information content (AvgIpc) is 2.28. The number of rotatable bonds is 0. The van der Waals surface area contributed by atoms with Crippen molar-refractivity contribution in [2.24, 2.45) is 5.92 Å². The molecule has 1 aliphatic carbocycles. The van der Waals surface area contributed by atoms with E-state index in [1.165, 1.54) is 5.57 Å². The monoisotopic (exact) mass is 152 g/mol. The summed E-state index contributed by atoms with van der Waals surface area (Å²) in [5.74, 6) is 0.572. The van der Waals surface area contributed by atoms with Crippen LogP contribution in [0, 0.1) is 5.92 Å². The van der Waals surface area contributed by atoms with Gasteiger partial charge in [0.05, 0.1) is 13.2 Å². The van der Waals surface area contributed by atoms with E-state index in [0.717, 1.165) is 19.4 Å². The lowest BCUT2D eigenvalue weighted by Gasteiger charge is -2.16. The van der Waals surface area contributed by atoms with Crippen LogP contribution in [0.15, 0.2) is 23.8 Å². The highest BCUT2D eigenvalue weighted by molar-refractivity contribution is 5.21. The van der Waals surface area contributed by atoms with Gasteiger partial charge in [-0.2, -0.15) is 0 Å². The molecule has 0 radical (unpaired) electrons. The van der Waals surface area contributed by atoms with E-state index in [2.05, 4.69) is 18.2 Å². The van der Waals surface area contributed by atoms with Crippen molar-refractivity contribution < 1.29 is 9.78 Å². The Kier molecular flexibility index (Phi) is 2.06. The number of fused-ring (bicyclic) bond motifs is 1. The second kappa shape index (κ2) is 3.20. The number of hydrogen-bond acceptors (Lipinski definition) is 2. The zero-order valence-corrected chi connectivity index (χ0v) is 6.45. The molecule has 1 heterocycles. The van der Waals surface area contributed by atoms with Crippen molar-refractivity contribution in [1.29, 1.82) is 0 Å². The van der Waals surface area contributed by atoms with Gasteiger partial charge in [0.2, 0.25) is 0 Å². The van der Waals surface area contributed by atoms with E-state index in [1.54, 1.807) is 0 Å². The first-order valence-corrected chi connectivity index (χ1v) is 4.07. The van der Waals surface area contributed by atoms with Crippen molar-refractivity contribution >= 4 is 0 Å². The summed E-state index contributed by atoms with van der Waals surface area (Å²) in [6.07, 6.45) is 8.62. The van der Waals surface area contributed by atoms with Crippen LogP contribution >= 0.6 is 0 Å². The standard InChI is InChI=1S/C9H12O2/c1-2-4-9-7-11-10-6-5-8(9)3-1/h1-3,9H,4-7H2/t9-/m0/s1. The van der Waals surface area contributed by atoms with Gasteiger partial charge in [-0.25, -0.2) is 9.78 Å². The Morgan fingerprint density at radius 1 is 1.36 bits per heavy atom. The van der Waals surface area contributed by atoms with Crippen molar-refractivity contribution in [3.8, 4) is 0 Å². The van der Waals surface area contributed by atoms with Crippen molar-refractivity contribution in [1.82, 2.24) is 0 Å². The smallest absolute Gasteiger partial charge is 0.0890 e. The summed E-state index contributed by atoms with van der Waals surface area (Å²) in [4.78, 5) is 9.91. The van der Waals surface area contributed by atoms with Crippen LogP contribution in [0.2, 0.25) is 0 Å². The van der Waals surface area contributed by atoms with Crippen LogP contribution in [0.3, 0.4) is 0 Å². The molecule has 2 nitrogen and oxygen atoms in total. The van der Waals surface area contributed by atoms with Crippen LogP contribution < -0.4 is 0 Å². The Hall–Kier alpha value is -0.600. The van der Waals surface area contributed by atoms with Crippen LogP contribution in [0.25, 0.3) is 0 Å². The Morgan fingerprint density at radius 2 is 2.36 bits per heavy atom. The van der Waals surface area contributed by atoms with Crippen molar-refractivity contribution in [3.05, 3.63) is 23.8 Å². The van der Waals surface area contributed by atoms with Crippen molar-refractivity contribution in [3.63, 3.8) is 0 Å². The van der Waals surface area contributed by atoms with Crippen LogP contribution in [0.1, 0.15) is 12.8 Å². The van der Waals surface area contributed by atoms with Crippen molar-refractivity contribution in [2.45, 2.75) is 12.8 Å². The molecule has 2 heteroatoms. The highest BCUT2D eigenvalue weighted by atomic mass is 17.2. The third kappa shape index (κ3) is 1.52. The fraction of sp³-hybridized carbons (Fsp3) is 0.556. The van der Waals surface area contributed by atoms with Crippen molar-refractivity contribution in [2.75, 3.05) is 13.2 Å². The van der Waals surface area contributed by atoms with Gasteiger partial charge in [0, 0.05) is 5.92 Å². The lowest BCUT2D eigenvalue weighted by atomic mass is 9.90. The third-order valence-corrected chi connectivity index (χ3v) is 2.22. The van der Waals surface area contributed by atoms with E-state index >= 15 is 0 Å². The first kappa shape index (κ1) is 7.07. The highest BCUT2D eigenvalue weighted by Gasteiger charge is 2.18. The van der Waals surface area contributed by atoms with Gasteiger partial charge in [-0.1, -0.05) is 23.8 Å². The van der Waals surface area contributed by atoms with Crippen LogP contribution in [0.5, 0.6) is 0 Å². The summed E-state index contributed by atoms with van der Waals surface area (Å²) in [5.41, 5.74) is 1.48. The Bertz CT molecular complexity index is 194. The molecular formula is C9H12O2. The lowest BCUT2D eigenvalue weighted by molar-refractivity contribution is -0.292. The minimum Gasteiger partial charge on any atom is -0.236 e. The average molecular weight is 152 g/mol. The predicted molar refractivity (Wildman–Crippen MR) is 41.9 cm³/mol. The maximum absolute atomic E-state index is 4.99. The van der Waals surface area contributed by atoms with Gasteiger partial charge >= 0.3 is 0 Å². The molecular weight excluding hydrogens is 140 g/mol. The molecule has 0 saturated carbocycles. The molecule has 0 aromatic heterocycles. The van der Waals surface area contributed by atoms with Gasteiger partial charge < -0.3 is 0 Å². The van der Waals surface area contributed by atoms with Gasteiger partial charge in [0.25, 0.3) is 0 Å². The molecule has 0 amide bonds. The van der Waals surface area contributed by atoms with E-state index in [4.69, 9.17) is 9.78 Å². The normalized spacial score (nSPS) is 30.5. The molecule has 0 aromatic rings. The Morgan fingerprint density at radius 3 is 3.36 bits per heavy atom. The molecule has 0 aromatic carbocycles. The van der Waals surface area contributed by atoms with E-state index in [1.807, 2.05) is 0 Å². The van der Waals surface area contributed by atoms with Gasteiger partial charge in [-0.3, -0.25) is 0 Å². The fourth-order valence-corrected chi connectivity index (χ4v) is 1.53. The predicted octanol–water partition coefficient (Wildman–Crippen LogP) is 1.84. The molecule has 60 valence electrons. The molecule has 0 bridgehead atoms. The van der Waals surface area contributed by atoms with Crippen LogP contribution in [-0.4, -0.2) is 13.2 Å². The summed E-state index contributed by atoms with van der Waals surface area (Å²) in [6.45, 7) is 1.42. The first-order valence-electron chi connectivity index (χ1n) is 4.07. The molecule has 1 aliphatic heterocycles. The topological polar surface area (TPSA) is 18.5 Å². The summed E-state index contributed by atoms with van der Waals surface area (Å²) in [6, 6.07) is 0. The van der Waals surface area contributed by atoms with Gasteiger partial charge in [0.15, 0.2) is 0 Å². The molecule has 1 fully saturated rings. The fourth-order valence-electron chi connectivity index (χ4n) is 1.53. The highest BCUT2D eigenvalue weighted by Crippen LogP contribution is 2.25. The summed E-state index contributed by atoms with van der Waals surface area (Å²) in [5, 5.41) is 0. The van der Waals surface area contributed by atoms with Gasteiger partial charge in [0.1, 0.15) is 0 Å². The van der Waals surface area contributed by atoms with E-state index < -0.39 is 0 Å². The van der Waals surface area contributed by atoms with Crippen LogP contribution in [-0.2, 0) is 9.78 Å². The SMILES string of the molecule is C1=CC[C@H]2COOCCC2=C1. The largest absolute Gasteiger partial charge is 0.236 e. The van der Waals surface area contributed by atoms with E-state index in [9.17, 15) is 0 Å². The Labute approximate surface area is 66.4 Å². The quantitative estimate of drug-likeness (QED) is 0.493. The maximum Gasteiger partial charge on any atom is 0.0890 e. The molecule has 0 spiro atoms. The minimum atomic E-state index is 0.572. The molecule has 11 heavy (non-hydrogen) atoms. The molecule has 0 unspecified atom stereocenters. The molecule has 2 rings (SSSR count). The molecule has 0 N–H and O–H groups in total. The third-order valence-electron chi connectivity index (χ3n) is 2.22. The zero-order chi connectivity index (χ0) is 7.52. The van der Waals surface area contributed by atoms with Gasteiger partial charge in [-0.15, -0.1) is 0 Å². The second-order valence-corrected chi connectivity index (χ2v) is 2.96. The van der Waals surface area contributed by atoms with E-state index in [0.29, 0.717) is 12.5 Å². The first-order chi connectivity index (χ1) is 5.47. The second-order valence-electron chi connectivity index (χ2n) is 2.96. The maximum atomic E-state index is 4.99. The van der Waals surface area contributed by atoms with E-state index in [-0.39, 0.29) is 0 Å². The molecule has 1 atom stereocenters. The lowest BCUT2D eigenvalue weighted by Crippen LogP contribution is -2.09. The number of allylic oxidation sites excluding steroid dienone is 3. The molecule has 1 saturated heterocycles. The summed E-state index contributed by atoms with van der Waals surface area (Å²) >= 11 is 0. The zero-order valence-electron chi connectivity index (χ0n) is 6.45. The molecule has 2 aliphatic rings.